The number of nitrogens with one attached hydrogen (secondary N) is 1. The minimum atomic E-state index is 0.745. The number of likely N-dealkylation sites (N-methyl/N-ethyl adjacent to an activating group) is 1. The minimum absolute atomic E-state index is 0.745. The van der Waals surface area contributed by atoms with E-state index >= 15 is 0 Å². The van der Waals surface area contributed by atoms with Crippen LogP contribution in [0.15, 0.2) is 0 Å². The van der Waals surface area contributed by atoms with E-state index in [0.717, 1.165) is 12.1 Å². The van der Waals surface area contributed by atoms with Gasteiger partial charge in [-0.15, -0.1) is 0 Å². The molecule has 1 unspecified atom stereocenters. The summed E-state index contributed by atoms with van der Waals surface area (Å²) >= 11 is 0. The second-order valence-electron chi connectivity index (χ2n) is 5.60. The molecular weight excluding hydrogens is 208 g/mol. The molecule has 17 heavy (non-hydrogen) atoms. The predicted molar refractivity (Wildman–Crippen MR) is 76.5 cm³/mol. The maximum atomic E-state index is 3.60. The Kier molecular flexibility index (Phi) is 7.87. The standard InChI is InChI=1S/C15H32N2/c1-4-9-15(13-16-12-5-2)17(3)14-10-7-6-8-11-14/h14-16H,4-13H2,1-3H3. The summed E-state index contributed by atoms with van der Waals surface area (Å²) in [5.74, 6) is 0. The molecule has 1 N–H and O–H groups in total. The Labute approximate surface area is 108 Å². The van der Waals surface area contributed by atoms with Crippen molar-refractivity contribution >= 4 is 0 Å². The maximum absolute atomic E-state index is 3.60. The first kappa shape index (κ1) is 15.0. The molecule has 1 saturated carbocycles. The van der Waals surface area contributed by atoms with E-state index in [9.17, 15) is 0 Å². The Hall–Kier alpha value is -0.0800. The summed E-state index contributed by atoms with van der Waals surface area (Å²) in [5, 5.41) is 3.60. The van der Waals surface area contributed by atoms with Gasteiger partial charge in [-0.05, 0) is 39.3 Å². The average molecular weight is 240 g/mol. The van der Waals surface area contributed by atoms with Crippen LogP contribution in [-0.4, -0.2) is 37.1 Å². The minimum Gasteiger partial charge on any atom is -0.315 e. The predicted octanol–water partition coefficient (Wildman–Crippen LogP) is 3.42. The molecule has 2 heteroatoms. The summed E-state index contributed by atoms with van der Waals surface area (Å²) in [6.45, 7) is 6.89. The first-order chi connectivity index (χ1) is 8.29. The summed E-state index contributed by atoms with van der Waals surface area (Å²) in [5.41, 5.74) is 0. The van der Waals surface area contributed by atoms with Crippen LogP contribution in [-0.2, 0) is 0 Å². The molecule has 1 rings (SSSR count). The lowest BCUT2D eigenvalue weighted by Crippen LogP contribution is -2.46. The second-order valence-corrected chi connectivity index (χ2v) is 5.60. The van der Waals surface area contributed by atoms with E-state index in [2.05, 4.69) is 31.1 Å². The zero-order valence-corrected chi connectivity index (χ0v) is 12.2. The maximum Gasteiger partial charge on any atom is 0.0220 e. The van der Waals surface area contributed by atoms with Crippen LogP contribution in [0.5, 0.6) is 0 Å². The van der Waals surface area contributed by atoms with Gasteiger partial charge in [-0.1, -0.05) is 39.5 Å². The fraction of sp³-hybridized carbons (Fsp3) is 1.00. The van der Waals surface area contributed by atoms with Crippen molar-refractivity contribution in [2.24, 2.45) is 0 Å². The molecule has 2 nitrogen and oxygen atoms in total. The van der Waals surface area contributed by atoms with Crippen LogP contribution in [0.2, 0.25) is 0 Å². The van der Waals surface area contributed by atoms with Crippen molar-refractivity contribution in [2.75, 3.05) is 20.1 Å². The van der Waals surface area contributed by atoms with Crippen LogP contribution in [0.1, 0.15) is 65.2 Å². The second kappa shape index (κ2) is 8.93. The average Bonchev–Trinajstić information content (AvgIpc) is 2.38. The van der Waals surface area contributed by atoms with Gasteiger partial charge in [-0.25, -0.2) is 0 Å². The van der Waals surface area contributed by atoms with Gasteiger partial charge in [0, 0.05) is 18.6 Å². The molecule has 1 fully saturated rings. The molecule has 1 atom stereocenters. The van der Waals surface area contributed by atoms with E-state index in [4.69, 9.17) is 0 Å². The Balaban J connectivity index is 2.37. The molecule has 1 aliphatic rings. The van der Waals surface area contributed by atoms with Crippen LogP contribution in [0.25, 0.3) is 0 Å². The quantitative estimate of drug-likeness (QED) is 0.654. The first-order valence-electron chi connectivity index (χ1n) is 7.72. The third kappa shape index (κ3) is 5.39. The van der Waals surface area contributed by atoms with Crippen molar-refractivity contribution in [1.29, 1.82) is 0 Å². The highest BCUT2D eigenvalue weighted by atomic mass is 15.2. The molecule has 0 aromatic rings. The number of nitrogens with zero attached hydrogens (tertiary/aromatic N) is 1. The molecule has 0 heterocycles. The van der Waals surface area contributed by atoms with Gasteiger partial charge < -0.3 is 5.32 Å². The molecule has 0 aliphatic heterocycles. The Morgan fingerprint density at radius 2 is 1.82 bits per heavy atom. The van der Waals surface area contributed by atoms with Gasteiger partial charge in [-0.2, -0.15) is 0 Å². The van der Waals surface area contributed by atoms with Crippen molar-refractivity contribution in [3.05, 3.63) is 0 Å². The van der Waals surface area contributed by atoms with Gasteiger partial charge >= 0.3 is 0 Å². The third-order valence-electron chi connectivity index (χ3n) is 4.16. The number of hydrogen-bond acceptors (Lipinski definition) is 2. The number of hydrogen-bond donors (Lipinski definition) is 1. The molecule has 0 bridgehead atoms. The highest BCUT2D eigenvalue weighted by molar-refractivity contribution is 4.80. The van der Waals surface area contributed by atoms with E-state index in [-0.39, 0.29) is 0 Å². The normalized spacial score (nSPS) is 19.8. The van der Waals surface area contributed by atoms with Crippen LogP contribution in [0.4, 0.5) is 0 Å². The van der Waals surface area contributed by atoms with Gasteiger partial charge in [0.2, 0.25) is 0 Å². The summed E-state index contributed by atoms with van der Waals surface area (Å²) in [7, 11) is 2.35. The first-order valence-corrected chi connectivity index (χ1v) is 7.72. The van der Waals surface area contributed by atoms with Crippen LogP contribution in [0.3, 0.4) is 0 Å². The lowest BCUT2D eigenvalue weighted by Gasteiger charge is -2.37. The SMILES string of the molecule is CCCNCC(CCC)N(C)C1CCCCC1. The van der Waals surface area contributed by atoms with E-state index in [1.807, 2.05) is 0 Å². The van der Waals surface area contributed by atoms with Gasteiger partial charge in [0.05, 0.1) is 0 Å². The van der Waals surface area contributed by atoms with E-state index in [1.165, 1.54) is 64.5 Å². The lowest BCUT2D eigenvalue weighted by molar-refractivity contribution is 0.128. The van der Waals surface area contributed by atoms with Crippen molar-refractivity contribution < 1.29 is 0 Å². The molecule has 0 saturated heterocycles. The summed E-state index contributed by atoms with van der Waals surface area (Å²) in [6.07, 6.45) is 11.1. The Morgan fingerprint density at radius 1 is 1.12 bits per heavy atom. The van der Waals surface area contributed by atoms with Gasteiger partial charge in [0.1, 0.15) is 0 Å². The van der Waals surface area contributed by atoms with Crippen LogP contribution < -0.4 is 5.32 Å². The lowest BCUT2D eigenvalue weighted by atomic mass is 9.93. The van der Waals surface area contributed by atoms with Crippen LogP contribution >= 0.6 is 0 Å². The van der Waals surface area contributed by atoms with Crippen molar-refractivity contribution in [3.63, 3.8) is 0 Å². The van der Waals surface area contributed by atoms with E-state index in [0.29, 0.717) is 0 Å². The van der Waals surface area contributed by atoms with Crippen molar-refractivity contribution in [3.8, 4) is 0 Å². The highest BCUT2D eigenvalue weighted by Crippen LogP contribution is 2.23. The monoisotopic (exact) mass is 240 g/mol. The molecule has 0 radical (unpaired) electrons. The zero-order valence-electron chi connectivity index (χ0n) is 12.2. The molecule has 102 valence electrons. The smallest absolute Gasteiger partial charge is 0.0220 e. The molecule has 0 spiro atoms. The van der Waals surface area contributed by atoms with Crippen LogP contribution in [0, 0.1) is 0 Å². The van der Waals surface area contributed by atoms with E-state index < -0.39 is 0 Å². The Morgan fingerprint density at radius 3 is 2.41 bits per heavy atom. The van der Waals surface area contributed by atoms with Crippen molar-refractivity contribution in [2.45, 2.75) is 77.3 Å². The fourth-order valence-corrected chi connectivity index (χ4v) is 3.01. The molecule has 0 aromatic heterocycles. The largest absolute Gasteiger partial charge is 0.315 e. The van der Waals surface area contributed by atoms with Crippen molar-refractivity contribution in [1.82, 2.24) is 10.2 Å². The van der Waals surface area contributed by atoms with E-state index in [1.54, 1.807) is 0 Å². The third-order valence-corrected chi connectivity index (χ3v) is 4.16. The zero-order chi connectivity index (χ0) is 12.5. The number of rotatable bonds is 8. The molecule has 1 aliphatic carbocycles. The highest BCUT2D eigenvalue weighted by Gasteiger charge is 2.23. The van der Waals surface area contributed by atoms with Gasteiger partial charge in [0.15, 0.2) is 0 Å². The molecular formula is C15H32N2. The summed E-state index contributed by atoms with van der Waals surface area (Å²) < 4.78 is 0. The summed E-state index contributed by atoms with van der Waals surface area (Å²) in [4.78, 5) is 2.67. The van der Waals surface area contributed by atoms with Gasteiger partial charge in [0.25, 0.3) is 0 Å². The Bertz CT molecular complexity index is 176. The summed E-state index contributed by atoms with van der Waals surface area (Å²) in [6, 6.07) is 1.60. The molecule has 0 aromatic carbocycles. The topological polar surface area (TPSA) is 15.3 Å². The molecule has 0 amide bonds. The van der Waals surface area contributed by atoms with Gasteiger partial charge in [-0.3, -0.25) is 4.90 Å². The fourth-order valence-electron chi connectivity index (χ4n) is 3.01.